The van der Waals surface area contributed by atoms with Gasteiger partial charge in [-0.15, -0.1) is 0 Å². The Morgan fingerprint density at radius 2 is 1.80 bits per heavy atom. The molecule has 0 bridgehead atoms. The Balaban J connectivity index is 2.59. The van der Waals surface area contributed by atoms with Gasteiger partial charge in [0.15, 0.2) is 0 Å². The Morgan fingerprint density at radius 1 is 1.10 bits per heavy atom. The van der Waals surface area contributed by atoms with Crippen LogP contribution in [0.1, 0.15) is 41.3 Å². The molecule has 0 radical (unpaired) electrons. The molecule has 2 nitrogen and oxygen atoms in total. The van der Waals surface area contributed by atoms with Crippen molar-refractivity contribution in [2.24, 2.45) is 0 Å². The van der Waals surface area contributed by atoms with Gasteiger partial charge in [0.1, 0.15) is 0 Å². The van der Waals surface area contributed by atoms with Gasteiger partial charge >= 0.3 is 5.97 Å². The number of hydrogen-bond donors (Lipinski definition) is 0. The van der Waals surface area contributed by atoms with Crippen LogP contribution in [0.25, 0.3) is 11.1 Å². The second kappa shape index (κ2) is 5.91. The van der Waals surface area contributed by atoms with Gasteiger partial charge in [0.25, 0.3) is 0 Å². The third kappa shape index (κ3) is 2.90. The van der Waals surface area contributed by atoms with Crippen molar-refractivity contribution in [1.29, 1.82) is 0 Å². The number of hydrogen-bond acceptors (Lipinski definition) is 2. The molecule has 0 aliphatic rings. The fraction of sp³-hybridized carbons (Fsp3) is 0.278. The second-order valence-electron chi connectivity index (χ2n) is 5.32. The highest BCUT2D eigenvalue weighted by Crippen LogP contribution is 2.30. The lowest BCUT2D eigenvalue weighted by molar-refractivity contribution is 0.0600. The predicted molar refractivity (Wildman–Crippen MR) is 82.0 cm³/mol. The maximum Gasteiger partial charge on any atom is 0.337 e. The van der Waals surface area contributed by atoms with Crippen LogP contribution in [0.4, 0.5) is 0 Å². The van der Waals surface area contributed by atoms with Crippen molar-refractivity contribution in [2.45, 2.75) is 26.7 Å². The lowest BCUT2D eigenvalue weighted by atomic mass is 9.91. The van der Waals surface area contributed by atoms with E-state index in [2.05, 4.69) is 38.1 Å². The minimum absolute atomic E-state index is 0.294. The van der Waals surface area contributed by atoms with Crippen molar-refractivity contribution in [1.82, 2.24) is 0 Å². The zero-order chi connectivity index (χ0) is 14.7. The molecule has 2 aromatic rings. The Kier molecular flexibility index (Phi) is 4.23. The molecule has 0 spiro atoms. The van der Waals surface area contributed by atoms with E-state index in [4.69, 9.17) is 4.74 Å². The number of rotatable bonds is 3. The van der Waals surface area contributed by atoms with Gasteiger partial charge in [-0.05, 0) is 47.2 Å². The average molecular weight is 268 g/mol. The smallest absolute Gasteiger partial charge is 0.337 e. The van der Waals surface area contributed by atoms with Crippen LogP contribution < -0.4 is 0 Å². The first-order valence-electron chi connectivity index (χ1n) is 6.82. The van der Waals surface area contributed by atoms with Crippen molar-refractivity contribution in [2.75, 3.05) is 7.11 Å². The molecule has 0 amide bonds. The van der Waals surface area contributed by atoms with Crippen LogP contribution in [-0.2, 0) is 4.74 Å². The van der Waals surface area contributed by atoms with Gasteiger partial charge in [-0.2, -0.15) is 0 Å². The van der Waals surface area contributed by atoms with Gasteiger partial charge in [-0.3, -0.25) is 0 Å². The van der Waals surface area contributed by atoms with E-state index in [-0.39, 0.29) is 5.97 Å². The molecule has 0 heterocycles. The summed E-state index contributed by atoms with van der Waals surface area (Å²) in [5, 5.41) is 0. The normalized spacial score (nSPS) is 10.7. The van der Waals surface area contributed by atoms with Crippen molar-refractivity contribution >= 4 is 5.97 Å². The molecule has 2 aromatic carbocycles. The number of benzene rings is 2. The molecule has 0 N–H and O–H groups in total. The van der Waals surface area contributed by atoms with E-state index in [1.165, 1.54) is 18.2 Å². The zero-order valence-corrected chi connectivity index (χ0v) is 12.4. The zero-order valence-electron chi connectivity index (χ0n) is 12.4. The molecular formula is C18H20O2. The first-order chi connectivity index (χ1) is 9.52. The molecule has 0 unspecified atom stereocenters. The van der Waals surface area contributed by atoms with Crippen molar-refractivity contribution in [3.05, 3.63) is 59.2 Å². The monoisotopic (exact) mass is 268 g/mol. The van der Waals surface area contributed by atoms with Gasteiger partial charge < -0.3 is 4.74 Å². The standard InChI is InChI=1S/C18H20O2/c1-12(2)16-7-5-6-8-17(16)14-9-13(3)10-15(11-14)18(19)20-4/h5-12H,1-4H3. The van der Waals surface area contributed by atoms with E-state index >= 15 is 0 Å². The Hall–Kier alpha value is -2.09. The average Bonchev–Trinajstić information content (AvgIpc) is 2.45. The summed E-state index contributed by atoms with van der Waals surface area (Å²) in [7, 11) is 1.41. The van der Waals surface area contributed by atoms with E-state index < -0.39 is 0 Å². The molecule has 2 heteroatoms. The van der Waals surface area contributed by atoms with E-state index in [1.54, 1.807) is 0 Å². The minimum Gasteiger partial charge on any atom is -0.465 e. The number of ether oxygens (including phenoxy) is 1. The Morgan fingerprint density at radius 3 is 2.45 bits per heavy atom. The fourth-order valence-electron chi connectivity index (χ4n) is 2.44. The van der Waals surface area contributed by atoms with E-state index in [0.29, 0.717) is 11.5 Å². The largest absolute Gasteiger partial charge is 0.465 e. The van der Waals surface area contributed by atoms with Crippen LogP contribution in [0.3, 0.4) is 0 Å². The van der Waals surface area contributed by atoms with Crippen LogP contribution in [0.2, 0.25) is 0 Å². The highest BCUT2D eigenvalue weighted by molar-refractivity contribution is 5.91. The number of carbonyl (C=O) groups excluding carboxylic acids is 1. The number of aryl methyl sites for hydroxylation is 1. The van der Waals surface area contributed by atoms with E-state index in [1.807, 2.05) is 25.1 Å². The number of esters is 1. The Labute approximate surface area is 120 Å². The van der Waals surface area contributed by atoms with Gasteiger partial charge in [0.05, 0.1) is 12.7 Å². The van der Waals surface area contributed by atoms with Crippen LogP contribution >= 0.6 is 0 Å². The van der Waals surface area contributed by atoms with E-state index in [9.17, 15) is 4.79 Å². The number of carbonyl (C=O) groups is 1. The summed E-state index contributed by atoms with van der Waals surface area (Å²) in [6.45, 7) is 6.35. The van der Waals surface area contributed by atoms with Gasteiger partial charge in [-0.25, -0.2) is 4.79 Å². The summed E-state index contributed by atoms with van der Waals surface area (Å²) >= 11 is 0. The summed E-state index contributed by atoms with van der Waals surface area (Å²) in [4.78, 5) is 11.7. The lowest BCUT2D eigenvalue weighted by Gasteiger charge is -2.14. The van der Waals surface area contributed by atoms with Gasteiger partial charge in [-0.1, -0.05) is 44.2 Å². The second-order valence-corrected chi connectivity index (χ2v) is 5.32. The molecule has 0 saturated carbocycles. The summed E-state index contributed by atoms with van der Waals surface area (Å²) in [5.74, 6) is 0.144. The molecule has 0 atom stereocenters. The molecule has 0 aliphatic heterocycles. The first-order valence-corrected chi connectivity index (χ1v) is 6.82. The van der Waals surface area contributed by atoms with Crippen molar-refractivity contribution in [3.8, 4) is 11.1 Å². The first kappa shape index (κ1) is 14.3. The summed E-state index contributed by atoms with van der Waals surface area (Å²) in [6, 6.07) is 14.2. The van der Waals surface area contributed by atoms with Crippen LogP contribution in [0.5, 0.6) is 0 Å². The molecule has 0 saturated heterocycles. The van der Waals surface area contributed by atoms with Crippen molar-refractivity contribution in [3.63, 3.8) is 0 Å². The highest BCUT2D eigenvalue weighted by atomic mass is 16.5. The van der Waals surface area contributed by atoms with Gasteiger partial charge in [0.2, 0.25) is 0 Å². The van der Waals surface area contributed by atoms with Crippen LogP contribution in [0.15, 0.2) is 42.5 Å². The highest BCUT2D eigenvalue weighted by Gasteiger charge is 2.12. The van der Waals surface area contributed by atoms with Crippen molar-refractivity contribution < 1.29 is 9.53 Å². The number of methoxy groups -OCH3 is 1. The summed E-state index contributed by atoms with van der Waals surface area (Å²) < 4.78 is 4.82. The third-order valence-electron chi connectivity index (χ3n) is 3.39. The lowest BCUT2D eigenvalue weighted by Crippen LogP contribution is -2.02. The van der Waals surface area contributed by atoms with Crippen LogP contribution in [0, 0.1) is 6.92 Å². The summed E-state index contributed by atoms with van der Waals surface area (Å²) in [6.07, 6.45) is 0. The molecular weight excluding hydrogens is 248 g/mol. The van der Waals surface area contributed by atoms with Crippen LogP contribution in [-0.4, -0.2) is 13.1 Å². The molecule has 0 fully saturated rings. The quantitative estimate of drug-likeness (QED) is 0.762. The molecule has 2 rings (SSSR count). The maximum atomic E-state index is 11.7. The molecule has 20 heavy (non-hydrogen) atoms. The fourth-order valence-corrected chi connectivity index (χ4v) is 2.44. The summed E-state index contributed by atoms with van der Waals surface area (Å²) in [5.41, 5.74) is 5.18. The van der Waals surface area contributed by atoms with E-state index in [0.717, 1.165) is 11.1 Å². The molecule has 0 aliphatic carbocycles. The molecule has 104 valence electrons. The molecule has 0 aromatic heterocycles. The Bertz CT molecular complexity index is 627. The minimum atomic E-state index is -0.294. The maximum absolute atomic E-state index is 11.7. The topological polar surface area (TPSA) is 26.3 Å². The predicted octanol–water partition coefficient (Wildman–Crippen LogP) is 4.57. The van der Waals surface area contributed by atoms with Gasteiger partial charge in [0, 0.05) is 0 Å². The third-order valence-corrected chi connectivity index (χ3v) is 3.39. The SMILES string of the molecule is COC(=O)c1cc(C)cc(-c2ccccc2C(C)C)c1.